The predicted molar refractivity (Wildman–Crippen MR) is 107 cm³/mol. The van der Waals surface area contributed by atoms with Crippen LogP contribution in [0, 0.1) is 6.92 Å². The summed E-state index contributed by atoms with van der Waals surface area (Å²) in [7, 11) is 0. The van der Waals surface area contributed by atoms with Crippen molar-refractivity contribution in [2.75, 3.05) is 39.3 Å². The summed E-state index contributed by atoms with van der Waals surface area (Å²) in [6.45, 7) is 6.04. The second-order valence-corrected chi connectivity index (χ2v) is 7.12. The highest BCUT2D eigenvalue weighted by atomic mass is 35.5. The van der Waals surface area contributed by atoms with Crippen molar-refractivity contribution in [3.63, 3.8) is 0 Å². The molecule has 0 saturated carbocycles. The average Bonchev–Trinajstić information content (AvgIpc) is 2.67. The fourth-order valence-corrected chi connectivity index (χ4v) is 3.72. The van der Waals surface area contributed by atoms with Gasteiger partial charge in [-0.1, -0.05) is 18.2 Å². The summed E-state index contributed by atoms with van der Waals surface area (Å²) < 4.78 is 5.77. The standard InChI is InChI=1S/C20H29N3O3.ClH/c1-16-6-2-3-8-18(16)26-13-5-9-19(24)22-11-4-7-17(15-22)23-12-10-21-14-20(23)25;/h2-3,6,8,17,21H,4-5,7,9-15H2,1H3;1H. The largest absolute Gasteiger partial charge is 0.493 e. The third kappa shape index (κ3) is 5.84. The van der Waals surface area contributed by atoms with Crippen LogP contribution in [0.3, 0.4) is 0 Å². The molecule has 2 aliphatic heterocycles. The molecule has 2 saturated heterocycles. The monoisotopic (exact) mass is 395 g/mol. The molecule has 150 valence electrons. The Kier molecular flexibility index (Phi) is 8.38. The van der Waals surface area contributed by atoms with E-state index in [2.05, 4.69) is 5.32 Å². The Hall–Kier alpha value is -1.79. The molecule has 0 aromatic heterocycles. The fraction of sp³-hybridized carbons (Fsp3) is 0.600. The molecule has 27 heavy (non-hydrogen) atoms. The smallest absolute Gasteiger partial charge is 0.236 e. The zero-order valence-electron chi connectivity index (χ0n) is 16.0. The number of para-hydroxylation sites is 1. The minimum atomic E-state index is 0. The van der Waals surface area contributed by atoms with Gasteiger partial charge < -0.3 is 19.9 Å². The van der Waals surface area contributed by atoms with E-state index < -0.39 is 0 Å². The van der Waals surface area contributed by atoms with Gasteiger partial charge in [0.1, 0.15) is 5.75 Å². The highest BCUT2D eigenvalue weighted by molar-refractivity contribution is 5.85. The summed E-state index contributed by atoms with van der Waals surface area (Å²) in [4.78, 5) is 28.5. The quantitative estimate of drug-likeness (QED) is 0.748. The SMILES string of the molecule is Cc1ccccc1OCCCC(=O)N1CCCC(N2CCNCC2=O)C1.Cl. The van der Waals surface area contributed by atoms with Gasteiger partial charge in [0, 0.05) is 38.6 Å². The van der Waals surface area contributed by atoms with E-state index in [0.717, 1.165) is 43.8 Å². The Morgan fingerprint density at radius 1 is 1.30 bits per heavy atom. The maximum absolute atomic E-state index is 12.5. The molecule has 1 aromatic rings. The van der Waals surface area contributed by atoms with Crippen LogP contribution in [0.15, 0.2) is 24.3 Å². The second-order valence-electron chi connectivity index (χ2n) is 7.12. The molecule has 6 nitrogen and oxygen atoms in total. The Bertz CT molecular complexity index is 641. The van der Waals surface area contributed by atoms with Crippen LogP contribution in [0.2, 0.25) is 0 Å². The number of likely N-dealkylation sites (tertiary alicyclic amines) is 1. The van der Waals surface area contributed by atoms with Crippen molar-refractivity contribution in [3.05, 3.63) is 29.8 Å². The number of piperazine rings is 1. The molecule has 0 aliphatic carbocycles. The van der Waals surface area contributed by atoms with E-state index in [9.17, 15) is 9.59 Å². The van der Waals surface area contributed by atoms with Crippen molar-refractivity contribution >= 4 is 24.2 Å². The molecular formula is C20H30ClN3O3. The predicted octanol–water partition coefficient (Wildman–Crippen LogP) is 2.00. The van der Waals surface area contributed by atoms with E-state index in [1.807, 2.05) is 41.0 Å². The molecule has 7 heteroatoms. The first-order valence-electron chi connectivity index (χ1n) is 9.61. The normalized spacial score (nSPS) is 20.2. The molecule has 3 rings (SSSR count). The number of carbonyl (C=O) groups excluding carboxylic acids is 2. The van der Waals surface area contributed by atoms with E-state index in [4.69, 9.17) is 4.74 Å². The summed E-state index contributed by atoms with van der Waals surface area (Å²) in [5.41, 5.74) is 1.11. The molecule has 1 N–H and O–H groups in total. The summed E-state index contributed by atoms with van der Waals surface area (Å²) in [6.07, 6.45) is 3.16. The number of rotatable bonds is 6. The summed E-state index contributed by atoms with van der Waals surface area (Å²) >= 11 is 0. The summed E-state index contributed by atoms with van der Waals surface area (Å²) in [6, 6.07) is 8.09. The van der Waals surface area contributed by atoms with Crippen molar-refractivity contribution < 1.29 is 14.3 Å². The summed E-state index contributed by atoms with van der Waals surface area (Å²) in [5.74, 6) is 1.21. The zero-order valence-corrected chi connectivity index (χ0v) is 16.8. The number of hydrogen-bond donors (Lipinski definition) is 1. The van der Waals surface area contributed by atoms with Crippen LogP contribution in [0.5, 0.6) is 5.75 Å². The lowest BCUT2D eigenvalue weighted by Gasteiger charge is -2.41. The second kappa shape index (κ2) is 10.5. The zero-order chi connectivity index (χ0) is 18.4. The van der Waals surface area contributed by atoms with Gasteiger partial charge >= 0.3 is 0 Å². The van der Waals surface area contributed by atoms with Crippen molar-refractivity contribution in [2.24, 2.45) is 0 Å². The van der Waals surface area contributed by atoms with Crippen LogP contribution < -0.4 is 10.1 Å². The molecule has 2 amide bonds. The first kappa shape index (κ1) is 21.5. The van der Waals surface area contributed by atoms with Crippen molar-refractivity contribution in [1.82, 2.24) is 15.1 Å². The fourth-order valence-electron chi connectivity index (χ4n) is 3.72. The average molecular weight is 396 g/mol. The third-order valence-corrected chi connectivity index (χ3v) is 5.20. The van der Waals surface area contributed by atoms with E-state index in [1.165, 1.54) is 0 Å². The van der Waals surface area contributed by atoms with Gasteiger partial charge in [-0.2, -0.15) is 0 Å². The van der Waals surface area contributed by atoms with Gasteiger partial charge in [0.15, 0.2) is 0 Å². The van der Waals surface area contributed by atoms with Gasteiger partial charge in [0.05, 0.1) is 13.2 Å². The Balaban J connectivity index is 0.00000261. The maximum Gasteiger partial charge on any atom is 0.236 e. The number of benzene rings is 1. The number of nitrogens with zero attached hydrogens (tertiary/aromatic N) is 2. The Morgan fingerprint density at radius 3 is 2.89 bits per heavy atom. The van der Waals surface area contributed by atoms with E-state index >= 15 is 0 Å². The molecule has 0 spiro atoms. The first-order valence-corrected chi connectivity index (χ1v) is 9.61. The van der Waals surface area contributed by atoms with Gasteiger partial charge in [-0.25, -0.2) is 0 Å². The molecule has 1 atom stereocenters. The van der Waals surface area contributed by atoms with Gasteiger partial charge in [-0.05, 0) is 37.8 Å². The van der Waals surface area contributed by atoms with E-state index in [-0.39, 0.29) is 30.3 Å². The summed E-state index contributed by atoms with van der Waals surface area (Å²) in [5, 5.41) is 3.10. The Labute approximate surface area is 167 Å². The lowest BCUT2D eigenvalue weighted by Crippen LogP contribution is -2.57. The number of nitrogens with one attached hydrogen (secondary N) is 1. The van der Waals surface area contributed by atoms with Gasteiger partial charge in [-0.15, -0.1) is 12.4 Å². The molecule has 2 fully saturated rings. The van der Waals surface area contributed by atoms with Crippen molar-refractivity contribution in [1.29, 1.82) is 0 Å². The van der Waals surface area contributed by atoms with Crippen LogP contribution in [0.1, 0.15) is 31.2 Å². The highest BCUT2D eigenvalue weighted by Crippen LogP contribution is 2.19. The van der Waals surface area contributed by atoms with Crippen molar-refractivity contribution in [3.8, 4) is 5.75 Å². The highest BCUT2D eigenvalue weighted by Gasteiger charge is 2.31. The van der Waals surface area contributed by atoms with Crippen LogP contribution in [0.4, 0.5) is 0 Å². The number of ether oxygens (including phenoxy) is 1. The number of aryl methyl sites for hydroxylation is 1. The Morgan fingerprint density at radius 2 is 2.11 bits per heavy atom. The number of hydrogen-bond acceptors (Lipinski definition) is 4. The van der Waals surface area contributed by atoms with E-state index in [0.29, 0.717) is 32.5 Å². The molecule has 0 radical (unpaired) electrons. The molecular weight excluding hydrogens is 366 g/mol. The molecule has 1 aromatic carbocycles. The number of piperidine rings is 1. The number of halogens is 1. The third-order valence-electron chi connectivity index (χ3n) is 5.20. The lowest BCUT2D eigenvalue weighted by molar-refractivity contribution is -0.140. The minimum absolute atomic E-state index is 0. The molecule has 2 aliphatic rings. The number of amides is 2. The van der Waals surface area contributed by atoms with Crippen LogP contribution >= 0.6 is 12.4 Å². The molecule has 0 bridgehead atoms. The van der Waals surface area contributed by atoms with Crippen LogP contribution in [-0.4, -0.2) is 67.0 Å². The first-order chi connectivity index (χ1) is 12.6. The topological polar surface area (TPSA) is 61.9 Å². The number of carbonyl (C=O) groups is 2. The van der Waals surface area contributed by atoms with Crippen LogP contribution in [0.25, 0.3) is 0 Å². The molecule has 1 unspecified atom stereocenters. The van der Waals surface area contributed by atoms with Gasteiger partial charge in [-0.3, -0.25) is 9.59 Å². The van der Waals surface area contributed by atoms with Gasteiger partial charge in [0.2, 0.25) is 11.8 Å². The van der Waals surface area contributed by atoms with Gasteiger partial charge in [0.25, 0.3) is 0 Å². The van der Waals surface area contributed by atoms with Crippen LogP contribution in [-0.2, 0) is 9.59 Å². The minimum Gasteiger partial charge on any atom is -0.493 e. The van der Waals surface area contributed by atoms with E-state index in [1.54, 1.807) is 0 Å². The molecule has 2 heterocycles. The lowest BCUT2D eigenvalue weighted by atomic mass is 10.0. The maximum atomic E-state index is 12.5. The van der Waals surface area contributed by atoms with Crippen molar-refractivity contribution in [2.45, 2.75) is 38.6 Å².